The van der Waals surface area contributed by atoms with Gasteiger partial charge in [0.15, 0.2) is 0 Å². The van der Waals surface area contributed by atoms with Gasteiger partial charge in [0.1, 0.15) is 4.47 Å². The van der Waals surface area contributed by atoms with Crippen molar-refractivity contribution < 1.29 is 0 Å². The Morgan fingerprint density at radius 3 is 3.00 bits per heavy atom. The van der Waals surface area contributed by atoms with E-state index >= 15 is 0 Å². The van der Waals surface area contributed by atoms with E-state index in [2.05, 4.69) is 31.7 Å². The predicted octanol–water partition coefficient (Wildman–Crippen LogP) is 1.58. The van der Waals surface area contributed by atoms with Gasteiger partial charge >= 0.3 is 0 Å². The Morgan fingerprint density at radius 1 is 1.47 bits per heavy atom. The largest absolute Gasteiger partial charge is 0.379 e. The molecule has 0 radical (unpaired) electrons. The lowest BCUT2D eigenvalue weighted by Crippen LogP contribution is -2.39. The van der Waals surface area contributed by atoms with E-state index in [1.54, 1.807) is 10.9 Å². The molecule has 104 valence electrons. The lowest BCUT2D eigenvalue weighted by molar-refractivity contribution is 0.478. The minimum Gasteiger partial charge on any atom is -0.379 e. The Kier molecular flexibility index (Phi) is 3.88. The summed E-state index contributed by atoms with van der Waals surface area (Å²) in [5.41, 5.74) is 0.784. The van der Waals surface area contributed by atoms with Crippen LogP contribution in [0.25, 0.3) is 0 Å². The van der Waals surface area contributed by atoms with Gasteiger partial charge in [0.05, 0.1) is 11.9 Å². The second kappa shape index (κ2) is 5.63. The van der Waals surface area contributed by atoms with Crippen molar-refractivity contribution in [3.8, 4) is 0 Å². The topological polar surface area (TPSA) is 59.0 Å². The van der Waals surface area contributed by atoms with Gasteiger partial charge in [-0.3, -0.25) is 4.79 Å². The zero-order chi connectivity index (χ0) is 13.2. The Hall–Kier alpha value is -0.880. The third-order valence-corrected chi connectivity index (χ3v) is 4.54. The standard InChI is InChI=1S/C13H19BrN4O/c14-12-11(17-10-2-1-5-15-6-10)7-16-18(13(12)19)8-9-3-4-9/h7,9-10,15,17H,1-6,8H2. The highest BCUT2D eigenvalue weighted by molar-refractivity contribution is 9.10. The van der Waals surface area contributed by atoms with Crippen LogP contribution in [-0.4, -0.2) is 28.9 Å². The summed E-state index contributed by atoms with van der Waals surface area (Å²) in [6.45, 7) is 2.78. The molecule has 1 atom stereocenters. The highest BCUT2D eigenvalue weighted by atomic mass is 79.9. The maximum Gasteiger partial charge on any atom is 0.283 e. The van der Waals surface area contributed by atoms with Crippen LogP contribution in [0.2, 0.25) is 0 Å². The number of piperidine rings is 1. The van der Waals surface area contributed by atoms with Crippen LogP contribution in [-0.2, 0) is 6.54 Å². The SMILES string of the molecule is O=c1c(Br)c(NC2CCCNC2)cnn1CC1CC1. The molecule has 1 saturated carbocycles. The lowest BCUT2D eigenvalue weighted by Gasteiger charge is -2.25. The molecule has 5 nitrogen and oxygen atoms in total. The number of anilines is 1. The quantitative estimate of drug-likeness (QED) is 0.882. The molecule has 6 heteroatoms. The molecular formula is C13H19BrN4O. The second-order valence-corrected chi connectivity index (χ2v) is 6.28. The lowest BCUT2D eigenvalue weighted by atomic mass is 10.1. The Bertz CT molecular complexity index is 506. The Morgan fingerprint density at radius 2 is 2.32 bits per heavy atom. The van der Waals surface area contributed by atoms with Crippen molar-refractivity contribution >= 4 is 21.6 Å². The number of nitrogens with one attached hydrogen (secondary N) is 2. The molecule has 1 unspecified atom stereocenters. The summed E-state index contributed by atoms with van der Waals surface area (Å²) in [5.74, 6) is 0.651. The third-order valence-electron chi connectivity index (χ3n) is 3.77. The molecular weight excluding hydrogens is 308 g/mol. The molecule has 0 amide bonds. The fraction of sp³-hybridized carbons (Fsp3) is 0.692. The molecule has 2 fully saturated rings. The van der Waals surface area contributed by atoms with Crippen LogP contribution < -0.4 is 16.2 Å². The van der Waals surface area contributed by atoms with E-state index in [4.69, 9.17) is 0 Å². The average molecular weight is 327 g/mol. The molecule has 2 aliphatic rings. The molecule has 1 aromatic heterocycles. The molecule has 1 saturated heterocycles. The fourth-order valence-corrected chi connectivity index (χ4v) is 2.86. The van der Waals surface area contributed by atoms with E-state index in [-0.39, 0.29) is 5.56 Å². The number of hydrogen-bond acceptors (Lipinski definition) is 4. The maximum atomic E-state index is 12.2. The first-order valence-corrected chi connectivity index (χ1v) is 7.76. The highest BCUT2D eigenvalue weighted by Gasteiger charge is 2.23. The van der Waals surface area contributed by atoms with Gasteiger partial charge in [0.2, 0.25) is 0 Å². The van der Waals surface area contributed by atoms with Crippen molar-refractivity contribution in [3.63, 3.8) is 0 Å². The van der Waals surface area contributed by atoms with Crippen molar-refractivity contribution in [2.24, 2.45) is 5.92 Å². The van der Waals surface area contributed by atoms with Crippen LogP contribution in [0.3, 0.4) is 0 Å². The minimum atomic E-state index is -0.0272. The van der Waals surface area contributed by atoms with Crippen molar-refractivity contribution in [3.05, 3.63) is 21.0 Å². The minimum absolute atomic E-state index is 0.0272. The monoisotopic (exact) mass is 326 g/mol. The van der Waals surface area contributed by atoms with Crippen molar-refractivity contribution in [1.29, 1.82) is 0 Å². The number of nitrogens with zero attached hydrogens (tertiary/aromatic N) is 2. The summed E-state index contributed by atoms with van der Waals surface area (Å²) in [4.78, 5) is 12.2. The van der Waals surface area contributed by atoms with Crippen molar-refractivity contribution in [2.75, 3.05) is 18.4 Å². The number of aromatic nitrogens is 2. The number of halogens is 1. The summed E-state index contributed by atoms with van der Waals surface area (Å²) < 4.78 is 2.18. The maximum absolute atomic E-state index is 12.2. The van der Waals surface area contributed by atoms with E-state index < -0.39 is 0 Å². The van der Waals surface area contributed by atoms with Gasteiger partial charge in [-0.2, -0.15) is 5.10 Å². The van der Waals surface area contributed by atoms with Gasteiger partial charge in [0, 0.05) is 19.1 Å². The molecule has 0 spiro atoms. The van der Waals surface area contributed by atoms with Gasteiger partial charge < -0.3 is 10.6 Å². The van der Waals surface area contributed by atoms with Gasteiger partial charge in [0.25, 0.3) is 5.56 Å². The molecule has 2 N–H and O–H groups in total. The van der Waals surface area contributed by atoms with Crippen LogP contribution in [0, 0.1) is 5.92 Å². The van der Waals surface area contributed by atoms with Gasteiger partial charge in [-0.1, -0.05) is 0 Å². The van der Waals surface area contributed by atoms with Crippen molar-refractivity contribution in [2.45, 2.75) is 38.3 Å². The molecule has 1 aliphatic heterocycles. The molecule has 3 rings (SSSR count). The average Bonchev–Trinajstić information content (AvgIpc) is 3.24. The highest BCUT2D eigenvalue weighted by Crippen LogP contribution is 2.30. The zero-order valence-electron chi connectivity index (χ0n) is 10.9. The van der Waals surface area contributed by atoms with Crippen LogP contribution in [0.4, 0.5) is 5.69 Å². The smallest absolute Gasteiger partial charge is 0.283 e. The first-order valence-electron chi connectivity index (χ1n) is 6.97. The first-order chi connectivity index (χ1) is 9.24. The van der Waals surface area contributed by atoms with Crippen LogP contribution in [0.15, 0.2) is 15.5 Å². The second-order valence-electron chi connectivity index (χ2n) is 5.49. The fourth-order valence-electron chi connectivity index (χ4n) is 2.44. The summed E-state index contributed by atoms with van der Waals surface area (Å²) in [6.07, 6.45) is 6.51. The van der Waals surface area contributed by atoms with E-state index in [9.17, 15) is 4.79 Å². The number of rotatable bonds is 4. The van der Waals surface area contributed by atoms with Crippen LogP contribution in [0.1, 0.15) is 25.7 Å². The molecule has 2 heterocycles. The third kappa shape index (κ3) is 3.17. The first kappa shape index (κ1) is 13.1. The van der Waals surface area contributed by atoms with E-state index in [1.807, 2.05) is 0 Å². The Balaban J connectivity index is 1.74. The normalized spacial score (nSPS) is 23.3. The summed E-state index contributed by atoms with van der Waals surface area (Å²) >= 11 is 3.41. The van der Waals surface area contributed by atoms with Gasteiger partial charge in [-0.15, -0.1) is 0 Å². The van der Waals surface area contributed by atoms with Gasteiger partial charge in [-0.25, -0.2) is 4.68 Å². The molecule has 19 heavy (non-hydrogen) atoms. The van der Waals surface area contributed by atoms with Crippen molar-refractivity contribution in [1.82, 2.24) is 15.1 Å². The number of hydrogen-bond donors (Lipinski definition) is 2. The van der Waals surface area contributed by atoms with E-state index in [1.165, 1.54) is 19.3 Å². The van der Waals surface area contributed by atoms with Crippen LogP contribution in [0.5, 0.6) is 0 Å². The molecule has 0 bridgehead atoms. The predicted molar refractivity (Wildman–Crippen MR) is 78.4 cm³/mol. The Labute approximate surface area is 120 Å². The van der Waals surface area contributed by atoms with Gasteiger partial charge in [-0.05, 0) is 54.1 Å². The molecule has 0 aromatic carbocycles. The molecule has 1 aliphatic carbocycles. The zero-order valence-corrected chi connectivity index (χ0v) is 12.4. The van der Waals surface area contributed by atoms with Crippen LogP contribution >= 0.6 is 15.9 Å². The van der Waals surface area contributed by atoms with E-state index in [0.29, 0.717) is 16.4 Å². The molecule has 1 aromatic rings. The summed E-state index contributed by atoms with van der Waals surface area (Å²) in [5, 5.41) is 11.0. The summed E-state index contributed by atoms with van der Waals surface area (Å²) in [7, 11) is 0. The summed E-state index contributed by atoms with van der Waals surface area (Å²) in [6, 6.07) is 0.380. The van der Waals surface area contributed by atoms with E-state index in [0.717, 1.165) is 31.7 Å².